The van der Waals surface area contributed by atoms with Crippen LogP contribution in [0, 0.1) is 20.8 Å². The summed E-state index contributed by atoms with van der Waals surface area (Å²) in [6.07, 6.45) is 0. The Balaban J connectivity index is 3.17. The maximum atomic E-state index is 3.82. The van der Waals surface area contributed by atoms with E-state index in [1.165, 1.54) is 11.1 Å². The summed E-state index contributed by atoms with van der Waals surface area (Å²) in [6.45, 7) is 8.03. The first-order valence-electron chi connectivity index (χ1n) is 3.09. The summed E-state index contributed by atoms with van der Waals surface area (Å²) in [6, 6.07) is 6.22. The van der Waals surface area contributed by atoms with E-state index in [0.29, 0.717) is 0 Å². The van der Waals surface area contributed by atoms with Gasteiger partial charge in [0.05, 0.1) is 0 Å². The normalized spacial score (nSPS) is 9.67. The zero-order valence-electron chi connectivity index (χ0n) is 5.94. The molecule has 9 heavy (non-hydrogen) atoms. The molecule has 1 rings (SSSR count). The number of aryl methyl sites for hydroxylation is 2. The van der Waals surface area contributed by atoms with Gasteiger partial charge in [0.15, 0.2) is 0 Å². The van der Waals surface area contributed by atoms with Crippen molar-refractivity contribution in [2.45, 2.75) is 13.8 Å². The van der Waals surface area contributed by atoms with Crippen LogP contribution < -0.4 is 0 Å². The van der Waals surface area contributed by atoms with Gasteiger partial charge >= 0.3 is 0 Å². The molecule has 1 aromatic rings. The molecule has 0 unspecified atom stereocenters. The van der Waals surface area contributed by atoms with Crippen LogP contribution in [0.15, 0.2) is 18.2 Å². The molecule has 0 atom stereocenters. The molecule has 1 radical (unpaired) electrons. The maximum Gasteiger partial charge on any atom is -0.0238 e. The zero-order chi connectivity index (χ0) is 6.85. The quantitative estimate of drug-likeness (QED) is 0.492. The third-order valence-electron chi connectivity index (χ3n) is 1.57. The summed E-state index contributed by atoms with van der Waals surface area (Å²) in [5, 5.41) is 0. The lowest BCUT2D eigenvalue weighted by Crippen LogP contribution is -1.79. The third kappa shape index (κ3) is 1.32. The summed E-state index contributed by atoms with van der Waals surface area (Å²) in [4.78, 5) is 0. The molecule has 0 saturated carbocycles. The molecule has 0 heterocycles. The van der Waals surface area contributed by atoms with Crippen molar-refractivity contribution in [1.82, 2.24) is 0 Å². The molecule has 0 aliphatic heterocycles. The fourth-order valence-corrected chi connectivity index (χ4v) is 0.804. The van der Waals surface area contributed by atoms with Crippen molar-refractivity contribution < 1.29 is 0 Å². The molecule has 0 nitrogen and oxygen atoms in total. The topological polar surface area (TPSA) is 0 Å². The molecule has 0 N–H and O–H groups in total. The monoisotopic (exact) mass is 119 g/mol. The standard InChI is InChI=1S/C9H11/c1-7-4-5-8(2)9(3)6-7/h4-6H,1H2,2-3H3. The lowest BCUT2D eigenvalue weighted by molar-refractivity contribution is 1.33. The summed E-state index contributed by atoms with van der Waals surface area (Å²) < 4.78 is 0. The SMILES string of the molecule is [CH2]c1ccc(C)c(C)c1. The van der Waals surface area contributed by atoms with E-state index in [4.69, 9.17) is 0 Å². The Hall–Kier alpha value is -0.780. The molecule has 0 bridgehead atoms. The zero-order valence-corrected chi connectivity index (χ0v) is 5.94. The van der Waals surface area contributed by atoms with Gasteiger partial charge < -0.3 is 0 Å². The molecular formula is C9H11. The van der Waals surface area contributed by atoms with E-state index in [1.807, 2.05) is 6.07 Å². The van der Waals surface area contributed by atoms with Gasteiger partial charge in [0.2, 0.25) is 0 Å². The minimum absolute atomic E-state index is 1.10. The lowest BCUT2D eigenvalue weighted by atomic mass is 10.1. The number of hydrogen-bond acceptors (Lipinski definition) is 0. The van der Waals surface area contributed by atoms with Gasteiger partial charge in [0.1, 0.15) is 0 Å². The predicted octanol–water partition coefficient (Wildman–Crippen LogP) is 2.49. The van der Waals surface area contributed by atoms with Crippen molar-refractivity contribution in [2.75, 3.05) is 0 Å². The van der Waals surface area contributed by atoms with E-state index >= 15 is 0 Å². The number of hydrogen-bond donors (Lipinski definition) is 0. The summed E-state index contributed by atoms with van der Waals surface area (Å²) in [5.74, 6) is 0. The molecule has 47 valence electrons. The highest BCUT2D eigenvalue weighted by molar-refractivity contribution is 5.30. The van der Waals surface area contributed by atoms with Gasteiger partial charge in [0.25, 0.3) is 0 Å². The number of benzene rings is 1. The molecule has 0 aliphatic carbocycles. The molecule has 0 saturated heterocycles. The highest BCUT2D eigenvalue weighted by Crippen LogP contribution is 2.07. The Kier molecular flexibility index (Phi) is 1.56. The van der Waals surface area contributed by atoms with Gasteiger partial charge in [-0.15, -0.1) is 0 Å². The fraction of sp³-hybridized carbons (Fsp3) is 0.222. The van der Waals surface area contributed by atoms with Gasteiger partial charge in [0, 0.05) is 0 Å². The smallest absolute Gasteiger partial charge is 0.0238 e. The van der Waals surface area contributed by atoms with Gasteiger partial charge in [-0.3, -0.25) is 0 Å². The van der Waals surface area contributed by atoms with Crippen LogP contribution in [-0.2, 0) is 0 Å². The van der Waals surface area contributed by atoms with Gasteiger partial charge in [-0.25, -0.2) is 0 Å². The van der Waals surface area contributed by atoms with Crippen molar-refractivity contribution in [3.8, 4) is 0 Å². The average Bonchev–Trinajstić information content (AvgIpc) is 1.80. The molecule has 0 spiro atoms. The van der Waals surface area contributed by atoms with E-state index in [-0.39, 0.29) is 0 Å². The molecule has 0 fully saturated rings. The van der Waals surface area contributed by atoms with Crippen LogP contribution >= 0.6 is 0 Å². The van der Waals surface area contributed by atoms with Crippen LogP contribution in [-0.4, -0.2) is 0 Å². The first-order chi connectivity index (χ1) is 4.20. The molecule has 0 heteroatoms. The van der Waals surface area contributed by atoms with Crippen LogP contribution in [0.5, 0.6) is 0 Å². The summed E-state index contributed by atoms with van der Waals surface area (Å²) in [7, 11) is 0. The van der Waals surface area contributed by atoms with Crippen molar-refractivity contribution in [2.24, 2.45) is 0 Å². The lowest BCUT2D eigenvalue weighted by Gasteiger charge is -1.98. The van der Waals surface area contributed by atoms with E-state index < -0.39 is 0 Å². The summed E-state index contributed by atoms with van der Waals surface area (Å²) in [5.41, 5.74) is 3.75. The highest BCUT2D eigenvalue weighted by Gasteiger charge is 1.89. The van der Waals surface area contributed by atoms with Crippen LogP contribution in [0.4, 0.5) is 0 Å². The van der Waals surface area contributed by atoms with E-state index in [9.17, 15) is 0 Å². The van der Waals surface area contributed by atoms with Gasteiger partial charge in [-0.1, -0.05) is 18.2 Å². The third-order valence-corrected chi connectivity index (χ3v) is 1.57. The highest BCUT2D eigenvalue weighted by atomic mass is 13.9. The van der Waals surface area contributed by atoms with Crippen molar-refractivity contribution in [3.63, 3.8) is 0 Å². The molecule has 0 aromatic heterocycles. The van der Waals surface area contributed by atoms with Gasteiger partial charge in [-0.2, -0.15) is 0 Å². The second kappa shape index (κ2) is 2.22. The first kappa shape index (κ1) is 6.34. The summed E-state index contributed by atoms with van der Waals surface area (Å²) >= 11 is 0. The second-order valence-corrected chi connectivity index (χ2v) is 2.42. The average molecular weight is 119 g/mol. The Morgan fingerprint density at radius 3 is 2.22 bits per heavy atom. The van der Waals surface area contributed by atoms with Crippen molar-refractivity contribution in [1.29, 1.82) is 0 Å². The minimum Gasteiger partial charge on any atom is -0.0588 e. The van der Waals surface area contributed by atoms with E-state index in [1.54, 1.807) is 0 Å². The Morgan fingerprint density at radius 1 is 1.11 bits per heavy atom. The Morgan fingerprint density at radius 2 is 1.78 bits per heavy atom. The molecule has 0 amide bonds. The largest absolute Gasteiger partial charge is 0.0588 e. The fourth-order valence-electron chi connectivity index (χ4n) is 0.804. The first-order valence-corrected chi connectivity index (χ1v) is 3.09. The minimum atomic E-state index is 1.10. The van der Waals surface area contributed by atoms with E-state index in [2.05, 4.69) is 32.9 Å². The molecule has 0 aliphatic rings. The van der Waals surface area contributed by atoms with Crippen molar-refractivity contribution >= 4 is 0 Å². The van der Waals surface area contributed by atoms with E-state index in [0.717, 1.165) is 5.56 Å². The molecular weight excluding hydrogens is 108 g/mol. The maximum absolute atomic E-state index is 3.82. The van der Waals surface area contributed by atoms with Gasteiger partial charge in [-0.05, 0) is 37.5 Å². The van der Waals surface area contributed by atoms with Crippen LogP contribution in [0.25, 0.3) is 0 Å². The number of rotatable bonds is 0. The predicted molar refractivity (Wildman–Crippen MR) is 40.4 cm³/mol. The Bertz CT molecular complexity index is 211. The molecule has 1 aromatic carbocycles. The Labute approximate surface area is 56.5 Å². The van der Waals surface area contributed by atoms with Crippen molar-refractivity contribution in [3.05, 3.63) is 41.8 Å². The van der Waals surface area contributed by atoms with Crippen LogP contribution in [0.1, 0.15) is 16.7 Å². The second-order valence-electron chi connectivity index (χ2n) is 2.42. The van der Waals surface area contributed by atoms with Crippen LogP contribution in [0.3, 0.4) is 0 Å². The van der Waals surface area contributed by atoms with Crippen LogP contribution in [0.2, 0.25) is 0 Å².